The molecule has 2 fully saturated rings. The highest BCUT2D eigenvalue weighted by Gasteiger charge is 2.26. The summed E-state index contributed by atoms with van der Waals surface area (Å²) in [5.41, 5.74) is 1.30. The Hall–Kier alpha value is -4.52. The Morgan fingerprint density at radius 3 is 1.44 bits per heavy atom. The van der Waals surface area contributed by atoms with Crippen molar-refractivity contribution < 1.29 is 24.3 Å². The molecule has 0 saturated heterocycles. The molecule has 2 aliphatic carbocycles. The van der Waals surface area contributed by atoms with Gasteiger partial charge in [-0.05, 0) is 76.2 Å². The van der Waals surface area contributed by atoms with Crippen LogP contribution in [0.4, 0.5) is 0 Å². The third kappa shape index (κ3) is 4.58. The van der Waals surface area contributed by atoms with Crippen LogP contribution in [0.25, 0.3) is 43.1 Å². The van der Waals surface area contributed by atoms with E-state index in [9.17, 15) is 24.3 Å². The molecule has 0 bridgehead atoms. The van der Waals surface area contributed by atoms with Crippen molar-refractivity contribution in [3.63, 3.8) is 0 Å². The van der Waals surface area contributed by atoms with Crippen LogP contribution in [0.2, 0.25) is 0 Å². The first-order valence-electron chi connectivity index (χ1n) is 15.5. The van der Waals surface area contributed by atoms with Crippen molar-refractivity contribution in [1.82, 2.24) is 10.6 Å². The minimum atomic E-state index is -1.10. The molecule has 5 aromatic carbocycles. The zero-order chi connectivity index (χ0) is 29.7. The number of aromatic carboxylic acids is 1. The van der Waals surface area contributed by atoms with Crippen molar-refractivity contribution in [1.29, 1.82) is 0 Å². The molecule has 0 unspecified atom stereocenters. The zero-order valence-corrected chi connectivity index (χ0v) is 24.0. The van der Waals surface area contributed by atoms with Gasteiger partial charge in [0.15, 0.2) is 6.29 Å². The van der Waals surface area contributed by atoms with Crippen molar-refractivity contribution in [2.45, 2.75) is 76.3 Å². The first-order valence-corrected chi connectivity index (χ1v) is 15.5. The maximum Gasteiger partial charge on any atom is 0.336 e. The molecule has 5 aromatic rings. The van der Waals surface area contributed by atoms with E-state index in [1.807, 2.05) is 18.2 Å². The molecule has 43 heavy (non-hydrogen) atoms. The topological polar surface area (TPSA) is 113 Å². The van der Waals surface area contributed by atoms with Gasteiger partial charge in [-0.15, -0.1) is 0 Å². The fourth-order valence-corrected chi connectivity index (χ4v) is 7.59. The number of carbonyl (C=O) groups is 4. The summed E-state index contributed by atoms with van der Waals surface area (Å²) in [6.45, 7) is 0. The molecular weight excluding hydrogens is 540 g/mol. The highest BCUT2D eigenvalue weighted by Crippen LogP contribution is 2.44. The summed E-state index contributed by atoms with van der Waals surface area (Å²) in [5, 5.41) is 22.2. The molecule has 0 spiro atoms. The van der Waals surface area contributed by atoms with Crippen LogP contribution in [0.3, 0.4) is 0 Å². The summed E-state index contributed by atoms with van der Waals surface area (Å²) in [4.78, 5) is 52.1. The SMILES string of the molecule is O=Cc1ccc2c3ccc(C(=O)NC4CCCCC4)c4c(C(=O)O)ccc(c5ccc(C(=O)NC6CCCCC6)c1c52)c43. The highest BCUT2D eigenvalue weighted by atomic mass is 16.4. The van der Waals surface area contributed by atoms with Crippen molar-refractivity contribution in [2.75, 3.05) is 0 Å². The van der Waals surface area contributed by atoms with Gasteiger partial charge in [0.2, 0.25) is 0 Å². The summed E-state index contributed by atoms with van der Waals surface area (Å²) in [5.74, 6) is -1.55. The maximum absolute atomic E-state index is 13.6. The van der Waals surface area contributed by atoms with E-state index in [1.54, 1.807) is 30.3 Å². The summed E-state index contributed by atoms with van der Waals surface area (Å²) in [6, 6.07) is 14.4. The standard InChI is InChI=1S/C36H34N2O5/c39-19-20-11-12-23-25-14-17-28(35(41)38-22-9-5-2-6-10-22)33-29(36(42)43)18-15-26(32(25)33)24-13-16-27(30(20)31(23)24)34(40)37-21-7-3-1-4-8-21/h11-19,21-22H,1-10H2,(H,37,40)(H,38,41)(H,42,43). The Balaban J connectivity index is 1.47. The molecule has 7 heteroatoms. The number of hydrogen-bond donors (Lipinski definition) is 3. The normalized spacial score (nSPS) is 16.7. The molecule has 0 atom stereocenters. The number of fused-ring (bicyclic) bond motifs is 2. The maximum atomic E-state index is 13.6. The third-order valence-corrected chi connectivity index (χ3v) is 9.66. The van der Waals surface area contributed by atoms with Crippen LogP contribution in [0.1, 0.15) is 106 Å². The highest BCUT2D eigenvalue weighted by molar-refractivity contribution is 6.38. The van der Waals surface area contributed by atoms with E-state index in [0.717, 1.165) is 91.0 Å². The Kier molecular flexibility index (Phi) is 6.96. The molecule has 2 aliphatic rings. The molecule has 2 amide bonds. The summed E-state index contributed by atoms with van der Waals surface area (Å²) < 4.78 is 0. The number of aldehydes is 1. The minimum absolute atomic E-state index is 0.0714. The molecule has 0 aliphatic heterocycles. The van der Waals surface area contributed by atoms with Crippen LogP contribution >= 0.6 is 0 Å². The van der Waals surface area contributed by atoms with E-state index in [1.165, 1.54) is 6.42 Å². The first kappa shape index (κ1) is 27.3. The number of carboxylic acid groups (broad SMARTS) is 1. The average Bonchev–Trinajstić information content (AvgIpc) is 3.03. The van der Waals surface area contributed by atoms with Crippen molar-refractivity contribution >= 4 is 67.2 Å². The smallest absolute Gasteiger partial charge is 0.336 e. The molecule has 0 aromatic heterocycles. The van der Waals surface area contributed by atoms with E-state index in [2.05, 4.69) is 10.6 Å². The lowest BCUT2D eigenvalue weighted by atomic mass is 9.84. The second-order valence-corrected chi connectivity index (χ2v) is 12.2. The Morgan fingerprint density at radius 1 is 0.558 bits per heavy atom. The Labute approximate surface area is 249 Å². The molecule has 7 nitrogen and oxygen atoms in total. The number of benzene rings is 5. The lowest BCUT2D eigenvalue weighted by Crippen LogP contribution is -2.36. The fraction of sp³-hybridized carbons (Fsp3) is 0.333. The predicted molar refractivity (Wildman–Crippen MR) is 169 cm³/mol. The zero-order valence-electron chi connectivity index (χ0n) is 24.0. The lowest BCUT2D eigenvalue weighted by Gasteiger charge is -2.24. The van der Waals surface area contributed by atoms with Gasteiger partial charge in [0.05, 0.1) is 5.56 Å². The van der Waals surface area contributed by atoms with Crippen LogP contribution in [-0.2, 0) is 0 Å². The largest absolute Gasteiger partial charge is 0.478 e. The van der Waals surface area contributed by atoms with Crippen molar-refractivity contribution in [3.05, 3.63) is 70.8 Å². The molecule has 218 valence electrons. The van der Waals surface area contributed by atoms with E-state index in [-0.39, 0.29) is 29.5 Å². The van der Waals surface area contributed by atoms with Gasteiger partial charge in [0.1, 0.15) is 0 Å². The van der Waals surface area contributed by atoms with Gasteiger partial charge >= 0.3 is 5.97 Å². The van der Waals surface area contributed by atoms with Gasteiger partial charge in [-0.3, -0.25) is 14.4 Å². The predicted octanol–water partition coefficient (Wildman–Crippen LogP) is 7.37. The van der Waals surface area contributed by atoms with Crippen LogP contribution in [-0.4, -0.2) is 41.3 Å². The number of carbonyl (C=O) groups excluding carboxylic acids is 3. The molecule has 7 rings (SSSR count). The molecule has 3 N–H and O–H groups in total. The Bertz CT molecular complexity index is 1910. The van der Waals surface area contributed by atoms with E-state index < -0.39 is 5.97 Å². The van der Waals surface area contributed by atoms with Gasteiger partial charge in [-0.1, -0.05) is 68.9 Å². The second-order valence-electron chi connectivity index (χ2n) is 12.2. The molecular formula is C36H34N2O5. The molecule has 2 saturated carbocycles. The summed E-state index contributed by atoms with van der Waals surface area (Å²) >= 11 is 0. The van der Waals surface area contributed by atoms with Crippen LogP contribution in [0.5, 0.6) is 0 Å². The third-order valence-electron chi connectivity index (χ3n) is 9.66. The van der Waals surface area contributed by atoms with Gasteiger partial charge < -0.3 is 15.7 Å². The number of amides is 2. The number of nitrogens with one attached hydrogen (secondary N) is 2. The minimum Gasteiger partial charge on any atom is -0.478 e. The van der Waals surface area contributed by atoms with Crippen LogP contribution in [0.15, 0.2) is 48.5 Å². The quantitative estimate of drug-likeness (QED) is 0.111. The van der Waals surface area contributed by atoms with Crippen LogP contribution in [0, 0.1) is 0 Å². The number of hydrogen-bond acceptors (Lipinski definition) is 4. The Morgan fingerprint density at radius 2 is 0.977 bits per heavy atom. The van der Waals surface area contributed by atoms with E-state index >= 15 is 0 Å². The number of carboxylic acids is 1. The number of rotatable bonds is 6. The fourth-order valence-electron chi connectivity index (χ4n) is 7.59. The summed E-state index contributed by atoms with van der Waals surface area (Å²) in [6.07, 6.45) is 11.2. The summed E-state index contributed by atoms with van der Waals surface area (Å²) in [7, 11) is 0. The average molecular weight is 575 g/mol. The molecule has 0 heterocycles. The van der Waals surface area contributed by atoms with Gasteiger partial charge in [-0.25, -0.2) is 4.79 Å². The van der Waals surface area contributed by atoms with E-state index in [0.29, 0.717) is 32.8 Å². The van der Waals surface area contributed by atoms with Crippen molar-refractivity contribution in [3.8, 4) is 0 Å². The first-order chi connectivity index (χ1) is 21.0. The van der Waals surface area contributed by atoms with Crippen LogP contribution < -0.4 is 10.6 Å². The van der Waals surface area contributed by atoms with E-state index in [4.69, 9.17) is 0 Å². The van der Waals surface area contributed by atoms with Gasteiger partial charge in [-0.2, -0.15) is 0 Å². The van der Waals surface area contributed by atoms with Crippen molar-refractivity contribution in [2.24, 2.45) is 0 Å². The second kappa shape index (κ2) is 11.0. The lowest BCUT2D eigenvalue weighted by molar-refractivity contribution is 0.0698. The monoisotopic (exact) mass is 574 g/mol. The van der Waals surface area contributed by atoms with Gasteiger partial charge in [0.25, 0.3) is 11.8 Å². The van der Waals surface area contributed by atoms with Gasteiger partial charge in [0, 0.05) is 39.5 Å². The molecule has 0 radical (unpaired) electrons.